The monoisotopic (exact) mass is 384 g/mol. The molecule has 2 atom stereocenters. The summed E-state index contributed by atoms with van der Waals surface area (Å²) in [5.41, 5.74) is 1.31. The second kappa shape index (κ2) is 10.3. The Morgan fingerprint density at radius 1 is 1.08 bits per heavy atom. The molecule has 2 heterocycles. The van der Waals surface area contributed by atoms with Gasteiger partial charge in [-0.2, -0.15) is 0 Å². The number of nitrogens with one attached hydrogen (secondary N) is 4. The van der Waals surface area contributed by atoms with Crippen LogP contribution in [0.2, 0.25) is 0 Å². The van der Waals surface area contributed by atoms with Gasteiger partial charge in [-0.05, 0) is 37.1 Å². The number of ether oxygens (including phenoxy) is 2. The van der Waals surface area contributed by atoms with Crippen LogP contribution in [0, 0.1) is 0 Å². The minimum absolute atomic E-state index is 0. The summed E-state index contributed by atoms with van der Waals surface area (Å²) in [5, 5.41) is 11.5. The SMILES string of the molecule is Cl.O=C(NCC1CCCO1)Nc1ccc(NC(=O)C2CNCCO2)cc1. The van der Waals surface area contributed by atoms with E-state index in [1.807, 2.05) is 0 Å². The molecule has 0 bridgehead atoms. The molecule has 2 aliphatic rings. The Morgan fingerprint density at radius 3 is 2.42 bits per heavy atom. The van der Waals surface area contributed by atoms with Gasteiger partial charge in [-0.15, -0.1) is 12.4 Å². The van der Waals surface area contributed by atoms with Crippen molar-refractivity contribution in [3.05, 3.63) is 24.3 Å². The summed E-state index contributed by atoms with van der Waals surface area (Å²) < 4.78 is 10.9. The standard InChI is InChI=1S/C17H24N4O4.ClH/c22-16(15-11-18-7-9-25-15)20-12-3-5-13(6-4-12)21-17(23)19-10-14-2-1-8-24-14;/h3-6,14-15,18H,1-2,7-11H2,(H,20,22)(H2,19,21,23);1H. The molecule has 9 heteroatoms. The molecule has 1 aromatic rings. The first-order valence-corrected chi connectivity index (χ1v) is 8.60. The van der Waals surface area contributed by atoms with Gasteiger partial charge in [-0.3, -0.25) is 4.79 Å². The van der Waals surface area contributed by atoms with Gasteiger partial charge in [0, 0.05) is 37.6 Å². The van der Waals surface area contributed by atoms with E-state index in [1.54, 1.807) is 24.3 Å². The van der Waals surface area contributed by atoms with Crippen LogP contribution in [-0.4, -0.2) is 57.0 Å². The number of morpholine rings is 1. The first kappa shape index (κ1) is 20.4. The number of hydrogen-bond donors (Lipinski definition) is 4. The summed E-state index contributed by atoms with van der Waals surface area (Å²) in [7, 11) is 0. The Bertz CT molecular complexity index is 587. The number of hydrogen-bond acceptors (Lipinski definition) is 5. The van der Waals surface area contributed by atoms with E-state index in [9.17, 15) is 9.59 Å². The van der Waals surface area contributed by atoms with Crippen LogP contribution in [0.4, 0.5) is 16.2 Å². The average molecular weight is 385 g/mol. The maximum atomic E-state index is 12.1. The van der Waals surface area contributed by atoms with Crippen molar-refractivity contribution < 1.29 is 19.1 Å². The zero-order chi connectivity index (χ0) is 17.5. The Labute approximate surface area is 158 Å². The van der Waals surface area contributed by atoms with Crippen molar-refractivity contribution in [2.75, 3.05) is 43.5 Å². The van der Waals surface area contributed by atoms with Crippen molar-refractivity contribution in [3.63, 3.8) is 0 Å². The maximum absolute atomic E-state index is 12.1. The van der Waals surface area contributed by atoms with Gasteiger partial charge >= 0.3 is 6.03 Å². The lowest BCUT2D eigenvalue weighted by Gasteiger charge is -2.22. The van der Waals surface area contributed by atoms with Crippen LogP contribution in [0.15, 0.2) is 24.3 Å². The zero-order valence-corrected chi connectivity index (χ0v) is 15.3. The first-order valence-electron chi connectivity index (χ1n) is 8.60. The highest BCUT2D eigenvalue weighted by atomic mass is 35.5. The van der Waals surface area contributed by atoms with Crippen molar-refractivity contribution in [2.45, 2.75) is 25.0 Å². The maximum Gasteiger partial charge on any atom is 0.319 e. The lowest BCUT2D eigenvalue weighted by atomic mass is 10.2. The number of halogens is 1. The Kier molecular flexibility index (Phi) is 8.11. The fourth-order valence-corrected chi connectivity index (χ4v) is 2.78. The molecule has 2 unspecified atom stereocenters. The van der Waals surface area contributed by atoms with Gasteiger partial charge in [0.2, 0.25) is 0 Å². The number of anilines is 2. The average Bonchev–Trinajstić information content (AvgIpc) is 3.16. The molecule has 0 aromatic heterocycles. The molecule has 4 N–H and O–H groups in total. The van der Waals surface area contributed by atoms with Gasteiger partial charge in [0.25, 0.3) is 5.91 Å². The fraction of sp³-hybridized carbons (Fsp3) is 0.529. The molecule has 2 fully saturated rings. The van der Waals surface area contributed by atoms with Gasteiger partial charge in [0.1, 0.15) is 6.10 Å². The predicted octanol–water partition coefficient (Wildman–Crippen LogP) is 1.34. The predicted molar refractivity (Wildman–Crippen MR) is 101 cm³/mol. The molecule has 0 saturated carbocycles. The Hall–Kier alpha value is -1.87. The van der Waals surface area contributed by atoms with Crippen molar-refractivity contribution >= 4 is 35.7 Å². The van der Waals surface area contributed by atoms with Crippen LogP contribution in [0.1, 0.15) is 12.8 Å². The molecule has 3 rings (SSSR count). The third-order valence-electron chi connectivity index (χ3n) is 4.14. The summed E-state index contributed by atoms with van der Waals surface area (Å²) in [6.07, 6.45) is 1.66. The van der Waals surface area contributed by atoms with Crippen molar-refractivity contribution in [1.29, 1.82) is 0 Å². The third-order valence-corrected chi connectivity index (χ3v) is 4.14. The normalized spacial score (nSPS) is 22.2. The number of amides is 3. The molecule has 2 aliphatic heterocycles. The van der Waals surface area contributed by atoms with Crippen LogP contribution in [0.5, 0.6) is 0 Å². The lowest BCUT2D eigenvalue weighted by molar-refractivity contribution is -0.128. The molecule has 8 nitrogen and oxygen atoms in total. The van der Waals surface area contributed by atoms with E-state index in [4.69, 9.17) is 9.47 Å². The second-order valence-corrected chi connectivity index (χ2v) is 6.10. The fourth-order valence-electron chi connectivity index (χ4n) is 2.78. The molecule has 0 aliphatic carbocycles. The number of carbonyl (C=O) groups is 2. The summed E-state index contributed by atoms with van der Waals surface area (Å²) >= 11 is 0. The van der Waals surface area contributed by atoms with E-state index < -0.39 is 6.10 Å². The largest absolute Gasteiger partial charge is 0.376 e. The topological polar surface area (TPSA) is 101 Å². The van der Waals surface area contributed by atoms with E-state index in [0.29, 0.717) is 31.1 Å². The summed E-state index contributed by atoms with van der Waals surface area (Å²) in [5.74, 6) is -0.179. The van der Waals surface area contributed by atoms with Crippen LogP contribution in [-0.2, 0) is 14.3 Å². The van der Waals surface area contributed by atoms with Crippen LogP contribution in [0.3, 0.4) is 0 Å². The van der Waals surface area contributed by atoms with Gasteiger partial charge in [0.15, 0.2) is 0 Å². The molecular formula is C17H25ClN4O4. The van der Waals surface area contributed by atoms with Crippen molar-refractivity contribution in [1.82, 2.24) is 10.6 Å². The highest BCUT2D eigenvalue weighted by molar-refractivity contribution is 5.95. The number of rotatable bonds is 5. The van der Waals surface area contributed by atoms with Gasteiger partial charge < -0.3 is 30.7 Å². The van der Waals surface area contributed by atoms with E-state index in [0.717, 1.165) is 26.0 Å². The third kappa shape index (κ3) is 6.14. The van der Waals surface area contributed by atoms with Crippen LogP contribution < -0.4 is 21.3 Å². The number of carbonyl (C=O) groups excluding carboxylic acids is 2. The van der Waals surface area contributed by atoms with E-state index >= 15 is 0 Å². The van der Waals surface area contributed by atoms with Crippen LogP contribution >= 0.6 is 12.4 Å². The minimum atomic E-state index is -0.477. The van der Waals surface area contributed by atoms with Crippen molar-refractivity contribution in [3.8, 4) is 0 Å². The highest BCUT2D eigenvalue weighted by Crippen LogP contribution is 2.15. The molecule has 0 spiro atoms. The first-order chi connectivity index (χ1) is 12.2. The van der Waals surface area contributed by atoms with Crippen LogP contribution in [0.25, 0.3) is 0 Å². The van der Waals surface area contributed by atoms with Gasteiger partial charge in [-0.25, -0.2) is 4.79 Å². The second-order valence-electron chi connectivity index (χ2n) is 6.10. The minimum Gasteiger partial charge on any atom is -0.376 e. The molecule has 3 amide bonds. The Balaban J connectivity index is 0.00000243. The molecule has 26 heavy (non-hydrogen) atoms. The molecule has 1 aromatic carbocycles. The molecule has 144 valence electrons. The highest BCUT2D eigenvalue weighted by Gasteiger charge is 2.21. The van der Waals surface area contributed by atoms with E-state index in [-0.39, 0.29) is 30.4 Å². The smallest absolute Gasteiger partial charge is 0.319 e. The lowest BCUT2D eigenvalue weighted by Crippen LogP contribution is -2.45. The van der Waals surface area contributed by atoms with Gasteiger partial charge in [0.05, 0.1) is 12.7 Å². The zero-order valence-electron chi connectivity index (χ0n) is 14.5. The van der Waals surface area contributed by atoms with E-state index in [2.05, 4.69) is 21.3 Å². The quantitative estimate of drug-likeness (QED) is 0.613. The summed E-state index contributed by atoms with van der Waals surface area (Å²) in [6, 6.07) is 6.69. The number of urea groups is 1. The van der Waals surface area contributed by atoms with Gasteiger partial charge in [-0.1, -0.05) is 0 Å². The van der Waals surface area contributed by atoms with Crippen molar-refractivity contribution in [2.24, 2.45) is 0 Å². The molecule has 2 saturated heterocycles. The molecular weight excluding hydrogens is 360 g/mol. The summed E-state index contributed by atoms with van der Waals surface area (Å²) in [4.78, 5) is 23.9. The van der Waals surface area contributed by atoms with E-state index in [1.165, 1.54) is 0 Å². The Morgan fingerprint density at radius 2 is 1.81 bits per heavy atom. The molecule has 0 radical (unpaired) electrons. The summed E-state index contributed by atoms with van der Waals surface area (Å²) in [6.45, 7) is 3.08. The number of benzene rings is 1.